The first-order valence-corrected chi connectivity index (χ1v) is 7.34. The van der Waals surface area contributed by atoms with Crippen molar-refractivity contribution in [3.05, 3.63) is 72.9 Å². The van der Waals surface area contributed by atoms with Crippen molar-refractivity contribution in [2.75, 3.05) is 0 Å². The van der Waals surface area contributed by atoms with Crippen molar-refractivity contribution < 1.29 is 9.15 Å². The van der Waals surface area contributed by atoms with Gasteiger partial charge in [-0.15, -0.1) is 5.10 Å². The van der Waals surface area contributed by atoms with E-state index in [1.807, 2.05) is 54.6 Å². The maximum Gasteiger partial charge on any atom is 0.226 e. The Morgan fingerprint density at radius 2 is 1.96 bits per heavy atom. The monoisotopic (exact) mass is 319 g/mol. The lowest BCUT2D eigenvalue weighted by Crippen LogP contribution is -1.98. The van der Waals surface area contributed by atoms with Gasteiger partial charge in [-0.25, -0.2) is 9.67 Å². The quantitative estimate of drug-likeness (QED) is 0.563. The van der Waals surface area contributed by atoms with E-state index in [1.54, 1.807) is 10.9 Å². The zero-order valence-electron chi connectivity index (χ0n) is 12.6. The highest BCUT2D eigenvalue weighted by atomic mass is 16.5. The Morgan fingerprint density at radius 1 is 1.04 bits per heavy atom. The van der Waals surface area contributed by atoms with E-state index in [-0.39, 0.29) is 0 Å². The summed E-state index contributed by atoms with van der Waals surface area (Å²) in [5, 5.41) is 11.1. The summed E-state index contributed by atoms with van der Waals surface area (Å²) >= 11 is 0. The number of benzene rings is 2. The highest BCUT2D eigenvalue weighted by Crippen LogP contribution is 2.20. The van der Waals surface area contributed by atoms with Gasteiger partial charge in [0.2, 0.25) is 5.89 Å². The molecule has 0 N–H and O–H groups in total. The van der Waals surface area contributed by atoms with Crippen LogP contribution >= 0.6 is 0 Å². The molecule has 0 atom stereocenters. The van der Waals surface area contributed by atoms with Gasteiger partial charge in [-0.05, 0) is 34.7 Å². The van der Waals surface area contributed by atoms with Gasteiger partial charge in [-0.3, -0.25) is 0 Å². The topological polar surface area (TPSA) is 78.9 Å². The fourth-order valence-corrected chi connectivity index (χ4v) is 2.24. The first kappa shape index (κ1) is 14.1. The van der Waals surface area contributed by atoms with Crippen LogP contribution in [-0.4, -0.2) is 25.2 Å². The molecule has 7 heteroatoms. The average Bonchev–Trinajstić information content (AvgIpc) is 3.33. The minimum absolute atomic E-state index is 0.315. The smallest absolute Gasteiger partial charge is 0.226 e. The van der Waals surface area contributed by atoms with Crippen LogP contribution in [0.25, 0.3) is 17.1 Å². The van der Waals surface area contributed by atoms with Gasteiger partial charge in [-0.1, -0.05) is 24.3 Å². The molecule has 7 nitrogen and oxygen atoms in total. The number of oxazole rings is 1. The second-order valence-corrected chi connectivity index (χ2v) is 5.05. The number of hydrogen-bond acceptors (Lipinski definition) is 6. The molecule has 0 unspecified atom stereocenters. The van der Waals surface area contributed by atoms with Crippen LogP contribution in [0.5, 0.6) is 5.75 Å². The number of hydrogen-bond donors (Lipinski definition) is 0. The van der Waals surface area contributed by atoms with E-state index >= 15 is 0 Å². The maximum absolute atomic E-state index is 5.78. The van der Waals surface area contributed by atoms with Gasteiger partial charge in [0.25, 0.3) is 0 Å². The minimum Gasteiger partial charge on any atom is -0.487 e. The van der Waals surface area contributed by atoms with E-state index in [4.69, 9.17) is 9.15 Å². The van der Waals surface area contributed by atoms with Crippen LogP contribution in [0.2, 0.25) is 0 Å². The van der Waals surface area contributed by atoms with Crippen molar-refractivity contribution in [2.45, 2.75) is 6.61 Å². The number of tetrazole rings is 1. The van der Waals surface area contributed by atoms with Crippen LogP contribution in [0, 0.1) is 0 Å². The fourth-order valence-electron chi connectivity index (χ4n) is 2.24. The molecule has 2 heterocycles. The molecule has 24 heavy (non-hydrogen) atoms. The molecule has 0 radical (unpaired) electrons. The Labute approximate surface area is 137 Å². The van der Waals surface area contributed by atoms with Gasteiger partial charge >= 0.3 is 0 Å². The molecule has 118 valence electrons. The standard InChI is InChI=1S/C17H13N5O2/c1-2-5-13(6-3-1)17-19-14(11-24-17)10-23-16-8-4-7-15(9-16)22-12-18-20-21-22/h1-9,11-12H,10H2. The summed E-state index contributed by atoms with van der Waals surface area (Å²) in [5.41, 5.74) is 2.48. The Bertz CT molecular complexity index is 919. The summed E-state index contributed by atoms with van der Waals surface area (Å²) < 4.78 is 12.8. The highest BCUT2D eigenvalue weighted by molar-refractivity contribution is 5.52. The Morgan fingerprint density at radius 3 is 2.79 bits per heavy atom. The lowest BCUT2D eigenvalue weighted by atomic mass is 10.2. The van der Waals surface area contributed by atoms with Crippen LogP contribution < -0.4 is 4.74 Å². The lowest BCUT2D eigenvalue weighted by molar-refractivity contribution is 0.301. The van der Waals surface area contributed by atoms with E-state index in [9.17, 15) is 0 Å². The van der Waals surface area contributed by atoms with E-state index in [2.05, 4.69) is 20.5 Å². The van der Waals surface area contributed by atoms with Gasteiger partial charge in [-0.2, -0.15) is 0 Å². The molecule has 2 aromatic heterocycles. The molecule has 0 bridgehead atoms. The molecule has 4 rings (SSSR count). The van der Waals surface area contributed by atoms with Crippen molar-refractivity contribution in [1.82, 2.24) is 25.2 Å². The Kier molecular flexibility index (Phi) is 3.73. The minimum atomic E-state index is 0.315. The molecule has 0 saturated carbocycles. The molecule has 0 aliphatic rings. The summed E-state index contributed by atoms with van der Waals surface area (Å²) in [7, 11) is 0. The number of rotatable bonds is 5. The highest BCUT2D eigenvalue weighted by Gasteiger charge is 2.07. The summed E-state index contributed by atoms with van der Waals surface area (Å²) in [4.78, 5) is 4.44. The Hall–Kier alpha value is -3.48. The zero-order valence-corrected chi connectivity index (χ0v) is 12.6. The summed E-state index contributed by atoms with van der Waals surface area (Å²) in [5.74, 6) is 1.28. The maximum atomic E-state index is 5.78. The molecule has 2 aromatic carbocycles. The second kappa shape index (κ2) is 6.33. The predicted molar refractivity (Wildman–Crippen MR) is 85.4 cm³/mol. The third-order valence-electron chi connectivity index (χ3n) is 3.39. The van der Waals surface area contributed by atoms with Crippen molar-refractivity contribution in [3.8, 4) is 22.9 Å². The first-order valence-electron chi connectivity index (χ1n) is 7.34. The van der Waals surface area contributed by atoms with Crippen molar-refractivity contribution in [2.24, 2.45) is 0 Å². The van der Waals surface area contributed by atoms with Gasteiger partial charge < -0.3 is 9.15 Å². The third kappa shape index (κ3) is 3.00. The summed E-state index contributed by atoms with van der Waals surface area (Å²) in [6.45, 7) is 0.315. The summed E-state index contributed by atoms with van der Waals surface area (Å²) in [6.07, 6.45) is 3.14. The van der Waals surface area contributed by atoms with Crippen LogP contribution in [0.3, 0.4) is 0 Å². The number of ether oxygens (including phenoxy) is 1. The summed E-state index contributed by atoms with van der Waals surface area (Å²) in [6, 6.07) is 17.2. The van der Waals surface area contributed by atoms with Crippen LogP contribution in [0.15, 0.2) is 71.6 Å². The van der Waals surface area contributed by atoms with E-state index in [0.29, 0.717) is 18.2 Å². The van der Waals surface area contributed by atoms with Crippen molar-refractivity contribution in [1.29, 1.82) is 0 Å². The lowest BCUT2D eigenvalue weighted by Gasteiger charge is -2.05. The van der Waals surface area contributed by atoms with Crippen LogP contribution in [-0.2, 0) is 6.61 Å². The first-order chi connectivity index (χ1) is 11.9. The van der Waals surface area contributed by atoms with Gasteiger partial charge in [0.15, 0.2) is 0 Å². The third-order valence-corrected chi connectivity index (χ3v) is 3.39. The number of aromatic nitrogens is 5. The second-order valence-electron chi connectivity index (χ2n) is 5.05. The van der Waals surface area contributed by atoms with Crippen LogP contribution in [0.1, 0.15) is 5.69 Å². The van der Waals surface area contributed by atoms with Crippen molar-refractivity contribution in [3.63, 3.8) is 0 Å². The Balaban J connectivity index is 1.46. The number of nitrogens with zero attached hydrogens (tertiary/aromatic N) is 5. The molecular weight excluding hydrogens is 306 g/mol. The molecule has 0 saturated heterocycles. The average molecular weight is 319 g/mol. The van der Waals surface area contributed by atoms with E-state index in [1.165, 1.54) is 6.33 Å². The SMILES string of the molecule is c1ccc(-c2nc(COc3cccc(-n4cnnn4)c3)co2)cc1. The molecular formula is C17H13N5O2. The van der Waals surface area contributed by atoms with Crippen molar-refractivity contribution >= 4 is 0 Å². The van der Waals surface area contributed by atoms with Crippen LogP contribution in [0.4, 0.5) is 0 Å². The molecule has 0 spiro atoms. The van der Waals surface area contributed by atoms with Gasteiger partial charge in [0, 0.05) is 11.6 Å². The zero-order chi connectivity index (χ0) is 16.2. The van der Waals surface area contributed by atoms with E-state index in [0.717, 1.165) is 16.9 Å². The van der Waals surface area contributed by atoms with Gasteiger partial charge in [0.1, 0.15) is 30.6 Å². The normalized spacial score (nSPS) is 10.7. The molecule has 0 aliphatic carbocycles. The largest absolute Gasteiger partial charge is 0.487 e. The van der Waals surface area contributed by atoms with E-state index < -0.39 is 0 Å². The molecule has 4 aromatic rings. The molecule has 0 aliphatic heterocycles. The molecule has 0 amide bonds. The van der Waals surface area contributed by atoms with Gasteiger partial charge in [0.05, 0.1) is 5.69 Å². The molecule has 0 fully saturated rings. The predicted octanol–water partition coefficient (Wildman–Crippen LogP) is 2.90. The fraction of sp³-hybridized carbons (Fsp3) is 0.0588.